The van der Waals surface area contributed by atoms with Gasteiger partial charge in [-0.2, -0.15) is 0 Å². The number of rotatable bonds is 7. The first-order chi connectivity index (χ1) is 15.9. The quantitative estimate of drug-likeness (QED) is 0.507. The number of amides is 1. The second-order valence-corrected chi connectivity index (χ2v) is 8.79. The van der Waals surface area contributed by atoms with Gasteiger partial charge < -0.3 is 15.5 Å². The molecule has 1 fully saturated rings. The zero-order valence-electron chi connectivity index (χ0n) is 19.4. The minimum Gasteiger partial charge on any atom is -0.508 e. The molecule has 1 amide bonds. The van der Waals surface area contributed by atoms with Crippen LogP contribution in [0.5, 0.6) is 11.5 Å². The number of nitrogens with one attached hydrogen (secondary N) is 1. The zero-order chi connectivity index (χ0) is 23.5. The number of nitrogens with zero attached hydrogens (tertiary/aromatic N) is 4. The molecule has 1 aromatic heterocycles. The van der Waals surface area contributed by atoms with E-state index in [0.29, 0.717) is 23.5 Å². The zero-order valence-corrected chi connectivity index (χ0v) is 19.4. The fourth-order valence-corrected chi connectivity index (χ4v) is 4.29. The molecule has 4 rings (SSSR count). The monoisotopic (exact) mass is 449 g/mol. The summed E-state index contributed by atoms with van der Waals surface area (Å²) in [5, 5.41) is 32.0. The molecule has 0 unspecified atom stereocenters. The van der Waals surface area contributed by atoms with Gasteiger partial charge >= 0.3 is 0 Å². The van der Waals surface area contributed by atoms with Gasteiger partial charge in [-0.15, -0.1) is 5.10 Å². The van der Waals surface area contributed by atoms with Crippen molar-refractivity contribution in [2.75, 3.05) is 19.6 Å². The van der Waals surface area contributed by atoms with Crippen LogP contribution >= 0.6 is 0 Å². The van der Waals surface area contributed by atoms with E-state index >= 15 is 0 Å². The highest BCUT2D eigenvalue weighted by Crippen LogP contribution is 2.36. The molecule has 2 aromatic carbocycles. The van der Waals surface area contributed by atoms with Gasteiger partial charge in [0.25, 0.3) is 5.91 Å². The summed E-state index contributed by atoms with van der Waals surface area (Å²) < 4.78 is 1.47. The second-order valence-electron chi connectivity index (χ2n) is 8.79. The minimum absolute atomic E-state index is 0.0168. The molecule has 1 aliphatic heterocycles. The Bertz CT molecular complexity index is 1130. The van der Waals surface area contributed by atoms with E-state index in [0.717, 1.165) is 25.2 Å². The van der Waals surface area contributed by atoms with E-state index in [-0.39, 0.29) is 29.0 Å². The van der Waals surface area contributed by atoms with Gasteiger partial charge in [0.05, 0.1) is 0 Å². The van der Waals surface area contributed by atoms with Gasteiger partial charge in [-0.05, 0) is 56.0 Å². The summed E-state index contributed by atoms with van der Waals surface area (Å²) in [6.07, 6.45) is 2.49. The highest BCUT2D eigenvalue weighted by atomic mass is 16.3. The number of hydrogen-bond acceptors (Lipinski definition) is 6. The molecular formula is C25H31N5O3. The number of benzene rings is 2. The van der Waals surface area contributed by atoms with Crippen LogP contribution in [0.15, 0.2) is 36.4 Å². The van der Waals surface area contributed by atoms with E-state index in [1.165, 1.54) is 29.2 Å². The van der Waals surface area contributed by atoms with Gasteiger partial charge in [0, 0.05) is 24.7 Å². The molecule has 0 bridgehead atoms. The molecule has 0 radical (unpaired) electrons. The number of hydrogen-bond donors (Lipinski definition) is 3. The van der Waals surface area contributed by atoms with Gasteiger partial charge in [0.2, 0.25) is 0 Å². The van der Waals surface area contributed by atoms with Crippen molar-refractivity contribution in [3.63, 3.8) is 0 Å². The largest absolute Gasteiger partial charge is 0.508 e. The van der Waals surface area contributed by atoms with E-state index in [1.54, 1.807) is 6.07 Å². The van der Waals surface area contributed by atoms with Crippen molar-refractivity contribution in [1.82, 2.24) is 25.2 Å². The molecule has 0 atom stereocenters. The normalized spacial score (nSPS) is 14.2. The molecule has 0 saturated carbocycles. The molecular weight excluding hydrogens is 418 g/mol. The molecule has 1 aliphatic rings. The first-order valence-corrected chi connectivity index (χ1v) is 11.5. The van der Waals surface area contributed by atoms with Gasteiger partial charge in [0.15, 0.2) is 5.69 Å². The van der Waals surface area contributed by atoms with E-state index in [4.69, 9.17) is 0 Å². The van der Waals surface area contributed by atoms with Crippen molar-refractivity contribution in [1.29, 1.82) is 0 Å². The molecule has 3 N–H and O–H groups in total. The standard InChI is InChI=1S/C25H31N5O3/c1-4-26-25(33)23-24(18-9-7-17(8-10-18)15-29-11-5-6-12-29)30(28-27-23)20-13-19(16(2)3)21(31)14-22(20)32/h7-10,13-14,16,31-32H,4-6,11-12,15H2,1-3H3,(H,26,33). The second kappa shape index (κ2) is 9.62. The maximum atomic E-state index is 12.8. The fourth-order valence-electron chi connectivity index (χ4n) is 4.29. The fraction of sp³-hybridized carbons (Fsp3) is 0.400. The molecule has 8 heteroatoms. The third-order valence-corrected chi connectivity index (χ3v) is 6.03. The lowest BCUT2D eigenvalue weighted by Crippen LogP contribution is -2.23. The summed E-state index contributed by atoms with van der Waals surface area (Å²) >= 11 is 0. The van der Waals surface area contributed by atoms with E-state index in [2.05, 4.69) is 32.7 Å². The van der Waals surface area contributed by atoms with Crippen molar-refractivity contribution in [3.8, 4) is 28.4 Å². The van der Waals surface area contributed by atoms with Gasteiger partial charge in [-0.1, -0.05) is 43.3 Å². The summed E-state index contributed by atoms with van der Waals surface area (Å²) in [5.74, 6) is -0.425. The molecule has 3 aromatic rings. The van der Waals surface area contributed by atoms with Crippen molar-refractivity contribution in [3.05, 3.63) is 53.2 Å². The maximum Gasteiger partial charge on any atom is 0.274 e. The highest BCUT2D eigenvalue weighted by Gasteiger charge is 2.24. The Morgan fingerprint density at radius 1 is 1.09 bits per heavy atom. The third kappa shape index (κ3) is 4.71. The van der Waals surface area contributed by atoms with Gasteiger partial charge in [-0.3, -0.25) is 9.69 Å². The number of carbonyl (C=O) groups is 1. The van der Waals surface area contributed by atoms with Crippen LogP contribution in [-0.2, 0) is 6.54 Å². The molecule has 8 nitrogen and oxygen atoms in total. The first-order valence-electron chi connectivity index (χ1n) is 11.5. The van der Waals surface area contributed by atoms with Crippen LogP contribution in [-0.4, -0.2) is 55.6 Å². The van der Waals surface area contributed by atoms with Crippen LogP contribution in [0, 0.1) is 0 Å². The number of carbonyl (C=O) groups excluding carboxylic acids is 1. The molecule has 0 spiro atoms. The van der Waals surface area contributed by atoms with Gasteiger partial charge in [0.1, 0.15) is 22.9 Å². The average molecular weight is 450 g/mol. The SMILES string of the molecule is CCNC(=O)c1nnn(-c2cc(C(C)C)c(O)cc2O)c1-c1ccc(CN2CCCC2)cc1. The molecule has 0 aliphatic carbocycles. The predicted molar refractivity (Wildman–Crippen MR) is 127 cm³/mol. The van der Waals surface area contributed by atoms with Crippen molar-refractivity contribution in [2.45, 2.75) is 46.1 Å². The van der Waals surface area contributed by atoms with E-state index in [9.17, 15) is 15.0 Å². The van der Waals surface area contributed by atoms with Crippen LogP contribution < -0.4 is 5.32 Å². The smallest absolute Gasteiger partial charge is 0.274 e. The Morgan fingerprint density at radius 3 is 2.42 bits per heavy atom. The number of likely N-dealkylation sites (tertiary alicyclic amines) is 1. The number of aromatic hydroxyl groups is 2. The maximum absolute atomic E-state index is 12.8. The predicted octanol–water partition coefficient (Wildman–Crippen LogP) is 3.81. The Hall–Kier alpha value is -3.39. The van der Waals surface area contributed by atoms with Crippen molar-refractivity contribution >= 4 is 5.91 Å². The van der Waals surface area contributed by atoms with Crippen LogP contribution in [0.25, 0.3) is 16.9 Å². The Morgan fingerprint density at radius 2 is 1.79 bits per heavy atom. The average Bonchev–Trinajstić information content (AvgIpc) is 3.44. The van der Waals surface area contributed by atoms with Crippen LogP contribution in [0.4, 0.5) is 0 Å². The number of phenolic OH excluding ortho intramolecular Hbond substituents is 2. The lowest BCUT2D eigenvalue weighted by Gasteiger charge is -2.16. The summed E-state index contributed by atoms with van der Waals surface area (Å²) in [4.78, 5) is 15.2. The van der Waals surface area contributed by atoms with Gasteiger partial charge in [-0.25, -0.2) is 4.68 Å². The lowest BCUT2D eigenvalue weighted by atomic mass is 10.0. The molecule has 2 heterocycles. The third-order valence-electron chi connectivity index (χ3n) is 6.03. The Balaban J connectivity index is 1.79. The van der Waals surface area contributed by atoms with E-state index in [1.807, 2.05) is 32.9 Å². The Labute approximate surface area is 193 Å². The Kier molecular flexibility index (Phi) is 6.65. The van der Waals surface area contributed by atoms with Crippen LogP contribution in [0.1, 0.15) is 61.1 Å². The summed E-state index contributed by atoms with van der Waals surface area (Å²) in [7, 11) is 0. The van der Waals surface area contributed by atoms with Crippen molar-refractivity contribution < 1.29 is 15.0 Å². The lowest BCUT2D eigenvalue weighted by molar-refractivity contribution is 0.0951. The topological polar surface area (TPSA) is 104 Å². The summed E-state index contributed by atoms with van der Waals surface area (Å²) in [6.45, 7) is 9.36. The van der Waals surface area contributed by atoms with Crippen molar-refractivity contribution in [2.24, 2.45) is 0 Å². The highest BCUT2D eigenvalue weighted by molar-refractivity contribution is 5.98. The molecule has 33 heavy (non-hydrogen) atoms. The molecule has 174 valence electrons. The summed E-state index contributed by atoms with van der Waals surface area (Å²) in [6, 6.07) is 11.0. The van der Waals surface area contributed by atoms with Crippen LogP contribution in [0.3, 0.4) is 0 Å². The van der Waals surface area contributed by atoms with E-state index < -0.39 is 0 Å². The van der Waals surface area contributed by atoms with Crippen LogP contribution in [0.2, 0.25) is 0 Å². The first kappa shape index (κ1) is 22.8. The summed E-state index contributed by atoms with van der Waals surface area (Å²) in [5.41, 5.74) is 3.67. The molecule has 1 saturated heterocycles. The minimum atomic E-state index is -0.331. The number of phenols is 2. The number of aromatic nitrogens is 3.